The van der Waals surface area contributed by atoms with Crippen LogP contribution in [0.2, 0.25) is 0 Å². The predicted molar refractivity (Wildman–Crippen MR) is 92.6 cm³/mol. The number of nitrogens with zero attached hydrogens (tertiary/aromatic N) is 1. The van der Waals surface area contributed by atoms with Crippen LogP contribution in [0.4, 0.5) is 0 Å². The molecule has 0 amide bonds. The maximum Gasteiger partial charge on any atom is 0.101 e. The van der Waals surface area contributed by atoms with Crippen LogP contribution in [-0.4, -0.2) is 43.1 Å². The Balaban J connectivity index is 2.04. The quantitative estimate of drug-likeness (QED) is 0.320. The van der Waals surface area contributed by atoms with E-state index in [1.165, 1.54) is 0 Å². The lowest BCUT2D eigenvalue weighted by Crippen LogP contribution is -2.56. The van der Waals surface area contributed by atoms with Crippen molar-refractivity contribution in [3.8, 4) is 0 Å². The van der Waals surface area contributed by atoms with Crippen LogP contribution in [0.1, 0.15) is 33.6 Å². The Kier molecular flexibility index (Phi) is 6.71. The summed E-state index contributed by atoms with van der Waals surface area (Å²) in [6.45, 7) is 8.39. The van der Waals surface area contributed by atoms with Gasteiger partial charge in [-0.2, -0.15) is 0 Å². The first-order valence-corrected chi connectivity index (χ1v) is 8.62. The number of ether oxygens (including phenoxy) is 1. The average molecular weight is 324 g/mol. The lowest BCUT2D eigenvalue weighted by Gasteiger charge is -2.33. The maximum atomic E-state index is 6.44. The van der Waals surface area contributed by atoms with Gasteiger partial charge in [-0.3, -0.25) is 5.32 Å². The van der Waals surface area contributed by atoms with Crippen molar-refractivity contribution in [1.29, 1.82) is 0 Å². The van der Waals surface area contributed by atoms with E-state index in [4.69, 9.17) is 16.2 Å². The summed E-state index contributed by atoms with van der Waals surface area (Å²) >= 11 is 0. The third kappa shape index (κ3) is 4.38. The molecule has 0 aliphatic carbocycles. The van der Waals surface area contributed by atoms with Crippen LogP contribution in [0.3, 0.4) is 0 Å². The average Bonchev–Trinajstić information content (AvgIpc) is 2.86. The fourth-order valence-electron chi connectivity index (χ4n) is 3.04. The van der Waals surface area contributed by atoms with Gasteiger partial charge in [0.05, 0.1) is 36.8 Å². The molecular weight excluding hydrogens is 292 g/mol. The van der Waals surface area contributed by atoms with E-state index in [1.807, 2.05) is 18.1 Å². The van der Waals surface area contributed by atoms with E-state index in [1.54, 1.807) is 0 Å². The summed E-state index contributed by atoms with van der Waals surface area (Å²) in [4.78, 5) is 0. The van der Waals surface area contributed by atoms with Crippen LogP contribution in [0.25, 0.3) is 0 Å². The molecule has 2 aliphatic heterocycles. The number of rotatable bonds is 8. The van der Waals surface area contributed by atoms with Gasteiger partial charge >= 0.3 is 0 Å². The molecule has 2 rings (SSSR count). The lowest BCUT2D eigenvalue weighted by atomic mass is 10.0. The minimum atomic E-state index is -0.327. The van der Waals surface area contributed by atoms with Crippen LogP contribution >= 0.6 is 0 Å². The molecule has 23 heavy (non-hydrogen) atoms. The summed E-state index contributed by atoms with van der Waals surface area (Å²) in [5, 5.41) is 8.83. The molecule has 0 aromatic heterocycles. The van der Waals surface area contributed by atoms with Gasteiger partial charge in [-0.25, -0.2) is 5.43 Å². The summed E-state index contributed by atoms with van der Waals surface area (Å²) in [6.07, 6.45) is 5.90. The smallest absolute Gasteiger partial charge is 0.101 e. The molecule has 0 saturated heterocycles. The van der Waals surface area contributed by atoms with Gasteiger partial charge in [0.1, 0.15) is 6.17 Å². The molecule has 2 aliphatic rings. The molecule has 7 heteroatoms. The second-order valence-electron chi connectivity index (χ2n) is 6.18. The Bertz CT molecular complexity index is 438. The van der Waals surface area contributed by atoms with Crippen LogP contribution in [-0.2, 0) is 4.74 Å². The summed E-state index contributed by atoms with van der Waals surface area (Å²) in [7, 11) is 0. The van der Waals surface area contributed by atoms with Crippen LogP contribution in [0.5, 0.6) is 0 Å². The Morgan fingerprint density at radius 3 is 2.91 bits per heavy atom. The molecule has 4 unspecified atom stereocenters. The number of hydrogen-bond acceptors (Lipinski definition) is 7. The first-order chi connectivity index (χ1) is 11.1. The van der Waals surface area contributed by atoms with Crippen molar-refractivity contribution >= 4 is 0 Å². The molecule has 0 aromatic rings. The topological polar surface area (TPSA) is 101 Å². The highest BCUT2D eigenvalue weighted by atomic mass is 16.5. The summed E-state index contributed by atoms with van der Waals surface area (Å²) in [5.74, 6) is 0.473. The molecule has 132 valence electrons. The van der Waals surface area contributed by atoms with Gasteiger partial charge in [0.2, 0.25) is 0 Å². The molecule has 0 saturated carbocycles. The molecular formula is C16H32N6O. The predicted octanol–water partition coefficient (Wildman–Crippen LogP) is 0.136. The van der Waals surface area contributed by atoms with Crippen LogP contribution in [0.15, 0.2) is 23.7 Å². The van der Waals surface area contributed by atoms with E-state index in [9.17, 15) is 0 Å². The zero-order valence-electron chi connectivity index (χ0n) is 14.5. The summed E-state index contributed by atoms with van der Waals surface area (Å²) in [6, 6.07) is 0.135. The van der Waals surface area contributed by atoms with Crippen molar-refractivity contribution in [1.82, 2.24) is 21.1 Å². The van der Waals surface area contributed by atoms with Gasteiger partial charge in [0, 0.05) is 6.61 Å². The van der Waals surface area contributed by atoms with Crippen molar-refractivity contribution in [2.24, 2.45) is 17.4 Å². The van der Waals surface area contributed by atoms with Crippen molar-refractivity contribution in [3.05, 3.63) is 23.7 Å². The van der Waals surface area contributed by atoms with Gasteiger partial charge in [-0.15, -0.1) is 0 Å². The van der Waals surface area contributed by atoms with E-state index in [-0.39, 0.29) is 18.4 Å². The molecule has 7 nitrogen and oxygen atoms in total. The normalized spacial score (nSPS) is 29.0. The fourth-order valence-corrected chi connectivity index (χ4v) is 3.04. The van der Waals surface area contributed by atoms with Crippen molar-refractivity contribution in [2.45, 2.75) is 52.0 Å². The molecule has 0 radical (unpaired) electrons. The van der Waals surface area contributed by atoms with Crippen molar-refractivity contribution < 1.29 is 4.74 Å². The summed E-state index contributed by atoms with van der Waals surface area (Å²) in [5.41, 5.74) is 18.0. The van der Waals surface area contributed by atoms with Crippen LogP contribution in [0, 0.1) is 5.92 Å². The Labute approximate surface area is 139 Å². The van der Waals surface area contributed by atoms with Crippen molar-refractivity contribution in [3.63, 3.8) is 0 Å². The van der Waals surface area contributed by atoms with Gasteiger partial charge < -0.3 is 26.5 Å². The van der Waals surface area contributed by atoms with Crippen LogP contribution < -0.4 is 27.5 Å². The monoisotopic (exact) mass is 324 g/mol. The summed E-state index contributed by atoms with van der Waals surface area (Å²) < 4.78 is 5.47. The second kappa shape index (κ2) is 8.54. The van der Waals surface area contributed by atoms with E-state index >= 15 is 0 Å². The van der Waals surface area contributed by atoms with E-state index < -0.39 is 0 Å². The zero-order valence-corrected chi connectivity index (χ0v) is 14.5. The minimum Gasteiger partial charge on any atom is -0.399 e. The first kappa shape index (κ1) is 18.1. The lowest BCUT2D eigenvalue weighted by molar-refractivity contribution is 0.105. The number of hydrogen-bond donors (Lipinski definition) is 5. The third-order valence-corrected chi connectivity index (χ3v) is 4.47. The van der Waals surface area contributed by atoms with Gasteiger partial charge in [-0.1, -0.05) is 19.9 Å². The molecule has 7 N–H and O–H groups in total. The van der Waals surface area contributed by atoms with Crippen molar-refractivity contribution in [2.75, 3.05) is 19.8 Å². The molecule has 0 aromatic carbocycles. The number of nitrogens with one attached hydrogen (secondary N) is 3. The number of hydrazine groups is 1. The molecule has 0 bridgehead atoms. The molecule has 0 fully saturated rings. The van der Waals surface area contributed by atoms with Gasteiger partial charge in [0.25, 0.3) is 0 Å². The standard InChI is InChI=1S/C16H32N6O/c1-4-12-13(17)14(22(21-12)9-10-23-5-2)15(18)20-16-11(3)7-6-8-19-16/h6,8,11-12,15-16,19-21H,4-5,7,9-10,17-18H2,1-3H3. The second-order valence-corrected chi connectivity index (χ2v) is 6.18. The largest absolute Gasteiger partial charge is 0.399 e. The Morgan fingerprint density at radius 2 is 2.26 bits per heavy atom. The Hall–Kier alpha value is -1.28. The highest BCUT2D eigenvalue weighted by Crippen LogP contribution is 2.21. The zero-order chi connectivity index (χ0) is 16.8. The van der Waals surface area contributed by atoms with Gasteiger partial charge in [-0.05, 0) is 31.9 Å². The fraction of sp³-hybridized carbons (Fsp3) is 0.750. The number of allylic oxidation sites excluding steroid dienone is 1. The molecule has 4 atom stereocenters. The molecule has 0 spiro atoms. The van der Waals surface area contributed by atoms with Gasteiger partial charge in [0.15, 0.2) is 0 Å². The molecule has 2 heterocycles. The highest BCUT2D eigenvalue weighted by molar-refractivity contribution is 5.24. The number of nitrogens with two attached hydrogens (primary N) is 2. The van der Waals surface area contributed by atoms with E-state index in [0.29, 0.717) is 19.1 Å². The van der Waals surface area contributed by atoms with E-state index in [0.717, 1.165) is 30.8 Å². The minimum absolute atomic E-state index is 0.135. The Morgan fingerprint density at radius 1 is 1.48 bits per heavy atom. The van der Waals surface area contributed by atoms with E-state index in [2.05, 4.69) is 36.0 Å². The highest BCUT2D eigenvalue weighted by Gasteiger charge is 2.33. The third-order valence-electron chi connectivity index (χ3n) is 4.47. The SMILES string of the molecule is CCOCCN1NC(CC)C(N)=C1C(N)NC1NC=CCC1C. The maximum absolute atomic E-state index is 6.44. The first-order valence-electron chi connectivity index (χ1n) is 8.62.